The molecule has 1 unspecified atom stereocenters. The second kappa shape index (κ2) is 11.5. The molecule has 0 fully saturated rings. The Kier molecular flexibility index (Phi) is 10.5. The van der Waals surface area contributed by atoms with Gasteiger partial charge in [-0.05, 0) is 58.3 Å². The molecule has 0 aliphatic rings. The second-order valence-corrected chi connectivity index (χ2v) is 6.16. The van der Waals surface area contributed by atoms with Crippen LogP contribution in [0.4, 0.5) is 0 Å². The monoisotopic (exact) mass is 322 g/mol. The van der Waals surface area contributed by atoms with Crippen molar-refractivity contribution in [3.8, 4) is 0 Å². The lowest BCUT2D eigenvalue weighted by Crippen LogP contribution is -2.28. The van der Waals surface area contributed by atoms with E-state index in [0.717, 1.165) is 28.8 Å². The van der Waals surface area contributed by atoms with E-state index in [9.17, 15) is 0 Å². The van der Waals surface area contributed by atoms with Crippen LogP contribution in [0.25, 0.3) is 0 Å². The molecule has 0 saturated carbocycles. The Morgan fingerprint density at radius 2 is 1.83 bits per heavy atom. The smallest absolute Gasteiger partial charge is 0.0680 e. The van der Waals surface area contributed by atoms with Crippen LogP contribution >= 0.6 is 0 Å². The maximum atomic E-state index is 7.50. The summed E-state index contributed by atoms with van der Waals surface area (Å²) in [6.45, 7) is 18.0. The molecule has 128 valence electrons. The molecule has 0 aromatic heterocycles. The molecule has 2 nitrogen and oxygen atoms in total. The first-order valence-electron chi connectivity index (χ1n) is 8.27. The fourth-order valence-electron chi connectivity index (χ4n) is 2.35. The van der Waals surface area contributed by atoms with Crippen molar-refractivity contribution < 1.29 is 0 Å². The number of allylic oxidation sites excluding steroid dienone is 7. The van der Waals surface area contributed by atoms with Crippen molar-refractivity contribution in [2.24, 2.45) is 0 Å². The average Bonchev–Trinajstić information content (AvgIpc) is 2.49. The Hall–Kier alpha value is -2.03. The minimum atomic E-state index is 0.0776. The molecule has 0 spiro atoms. The molecule has 1 atom stereocenters. The van der Waals surface area contributed by atoms with E-state index >= 15 is 0 Å². The summed E-state index contributed by atoms with van der Waals surface area (Å²) in [6.07, 6.45) is 11.0. The minimum absolute atomic E-state index is 0.0776. The van der Waals surface area contributed by atoms with Crippen molar-refractivity contribution in [3.63, 3.8) is 0 Å². The molecular formula is C21H31BN2. The molecular weight excluding hydrogens is 291 g/mol. The third-order valence-corrected chi connectivity index (χ3v) is 3.52. The van der Waals surface area contributed by atoms with Gasteiger partial charge in [-0.1, -0.05) is 54.9 Å². The zero-order chi connectivity index (χ0) is 18.7. The molecule has 0 heterocycles. The summed E-state index contributed by atoms with van der Waals surface area (Å²) in [5.74, 6) is 0. The third-order valence-electron chi connectivity index (χ3n) is 3.52. The van der Waals surface area contributed by atoms with Gasteiger partial charge in [0.25, 0.3) is 0 Å². The zero-order valence-electron chi connectivity index (χ0n) is 15.9. The van der Waals surface area contributed by atoms with E-state index in [0.29, 0.717) is 12.0 Å². The summed E-state index contributed by atoms with van der Waals surface area (Å²) >= 11 is 0. The number of nitrogens with one attached hydrogen (secondary N) is 2. The van der Waals surface area contributed by atoms with Crippen LogP contribution in [0.5, 0.6) is 0 Å². The number of rotatable bonds is 10. The van der Waals surface area contributed by atoms with Crippen LogP contribution in [0.3, 0.4) is 0 Å². The van der Waals surface area contributed by atoms with Crippen molar-refractivity contribution in [1.29, 1.82) is 5.41 Å². The summed E-state index contributed by atoms with van der Waals surface area (Å²) < 4.78 is 0. The van der Waals surface area contributed by atoms with Crippen LogP contribution in [0.1, 0.15) is 41.0 Å². The minimum Gasteiger partial charge on any atom is -0.383 e. The van der Waals surface area contributed by atoms with Crippen LogP contribution in [-0.2, 0) is 0 Å². The topological polar surface area (TPSA) is 35.9 Å². The number of hydrogen-bond acceptors (Lipinski definition) is 2. The summed E-state index contributed by atoms with van der Waals surface area (Å²) in [4.78, 5) is 0. The van der Waals surface area contributed by atoms with E-state index in [4.69, 9.17) is 13.3 Å². The molecule has 0 aliphatic carbocycles. The van der Waals surface area contributed by atoms with E-state index in [2.05, 4.69) is 45.3 Å². The van der Waals surface area contributed by atoms with Gasteiger partial charge in [0, 0.05) is 17.5 Å². The van der Waals surface area contributed by atoms with Gasteiger partial charge in [-0.2, -0.15) is 0 Å². The fraction of sp³-hybridized carbons (Fsp3) is 0.381. The zero-order valence-corrected chi connectivity index (χ0v) is 15.9. The van der Waals surface area contributed by atoms with Gasteiger partial charge in [0.15, 0.2) is 0 Å². The predicted molar refractivity (Wildman–Crippen MR) is 110 cm³/mol. The van der Waals surface area contributed by atoms with Gasteiger partial charge in [-0.25, -0.2) is 0 Å². The molecule has 0 aromatic carbocycles. The van der Waals surface area contributed by atoms with Crippen LogP contribution in [0.15, 0.2) is 71.5 Å². The van der Waals surface area contributed by atoms with Crippen LogP contribution in [0.2, 0.25) is 6.32 Å². The van der Waals surface area contributed by atoms with Crippen molar-refractivity contribution in [1.82, 2.24) is 5.32 Å². The van der Waals surface area contributed by atoms with Crippen molar-refractivity contribution >= 4 is 13.6 Å². The second-order valence-electron chi connectivity index (χ2n) is 6.16. The Bertz CT molecular complexity index is 585. The molecule has 24 heavy (non-hydrogen) atoms. The van der Waals surface area contributed by atoms with Crippen LogP contribution < -0.4 is 5.32 Å². The van der Waals surface area contributed by atoms with Gasteiger partial charge in [0.1, 0.15) is 0 Å². The first-order chi connectivity index (χ1) is 11.2. The van der Waals surface area contributed by atoms with E-state index in [-0.39, 0.29) is 6.04 Å². The maximum absolute atomic E-state index is 7.50. The van der Waals surface area contributed by atoms with Gasteiger partial charge in [-0.15, -0.1) is 0 Å². The Morgan fingerprint density at radius 3 is 2.25 bits per heavy atom. The molecule has 0 aliphatic heterocycles. The summed E-state index contributed by atoms with van der Waals surface area (Å²) in [5.41, 5.74) is 5.87. The summed E-state index contributed by atoms with van der Waals surface area (Å²) in [7, 11) is 5.93. The van der Waals surface area contributed by atoms with E-state index in [1.165, 1.54) is 5.57 Å². The SMILES string of the molecule is [B]CC(CC(/C=C\C(C)=N)=C/C)NC(=C)/C(C=C)=C(\C)C=C(C)C. The first-order valence-corrected chi connectivity index (χ1v) is 8.27. The van der Waals surface area contributed by atoms with E-state index in [1.807, 2.05) is 25.2 Å². The largest absolute Gasteiger partial charge is 0.383 e. The van der Waals surface area contributed by atoms with Gasteiger partial charge in [0.2, 0.25) is 0 Å². The van der Waals surface area contributed by atoms with E-state index in [1.54, 1.807) is 13.0 Å². The molecule has 0 rings (SSSR count). The van der Waals surface area contributed by atoms with E-state index < -0.39 is 0 Å². The highest BCUT2D eigenvalue weighted by molar-refractivity contribution is 6.09. The highest BCUT2D eigenvalue weighted by Crippen LogP contribution is 2.18. The molecule has 2 radical (unpaired) electrons. The molecule has 0 amide bonds. The Labute approximate surface area is 149 Å². The third kappa shape index (κ3) is 8.57. The van der Waals surface area contributed by atoms with Gasteiger partial charge >= 0.3 is 0 Å². The van der Waals surface area contributed by atoms with Gasteiger partial charge in [-0.3, -0.25) is 0 Å². The molecule has 2 N–H and O–H groups in total. The summed E-state index contributed by atoms with van der Waals surface area (Å²) in [5, 5.41) is 10.9. The first kappa shape index (κ1) is 22.0. The van der Waals surface area contributed by atoms with Crippen molar-refractivity contribution in [2.75, 3.05) is 0 Å². The quantitative estimate of drug-likeness (QED) is 0.313. The van der Waals surface area contributed by atoms with Gasteiger partial charge in [0.05, 0.1) is 7.85 Å². The highest BCUT2D eigenvalue weighted by Gasteiger charge is 2.10. The van der Waals surface area contributed by atoms with Crippen LogP contribution in [-0.4, -0.2) is 19.6 Å². The lowest BCUT2D eigenvalue weighted by Gasteiger charge is -2.22. The standard InChI is InChI=1S/C21H31BN2/c1-8-19(11-10-17(6)23)13-20(14-22)24-18(7)21(9-2)16(5)12-15(3)4/h8-12,20,23-24H,2,7,13-14H2,1,3-6H3/b11-10-,19-8+,21-16+,23-17?. The molecule has 0 aromatic rings. The molecule has 0 saturated heterocycles. The average molecular weight is 322 g/mol. The lowest BCUT2D eigenvalue weighted by atomic mass is 9.91. The highest BCUT2D eigenvalue weighted by atomic mass is 14.9. The molecule has 3 heteroatoms. The van der Waals surface area contributed by atoms with Crippen molar-refractivity contribution in [3.05, 3.63) is 71.5 Å². The Morgan fingerprint density at radius 1 is 1.21 bits per heavy atom. The Balaban J connectivity index is 5.17. The number of hydrogen-bond donors (Lipinski definition) is 2. The van der Waals surface area contributed by atoms with Crippen molar-refractivity contribution in [2.45, 2.75) is 53.4 Å². The maximum Gasteiger partial charge on any atom is 0.0680 e. The van der Waals surface area contributed by atoms with Gasteiger partial charge < -0.3 is 10.7 Å². The summed E-state index contributed by atoms with van der Waals surface area (Å²) in [6, 6.07) is 0.0776. The lowest BCUT2D eigenvalue weighted by molar-refractivity contribution is 0.618. The molecule has 0 bridgehead atoms. The van der Waals surface area contributed by atoms with Crippen LogP contribution in [0, 0.1) is 5.41 Å². The normalized spacial score (nSPS) is 14.0. The fourth-order valence-corrected chi connectivity index (χ4v) is 2.35. The predicted octanol–water partition coefficient (Wildman–Crippen LogP) is 5.45.